The summed E-state index contributed by atoms with van der Waals surface area (Å²) in [4.78, 5) is 63.9. The van der Waals surface area contributed by atoms with E-state index in [4.69, 9.17) is 30.2 Å². The quantitative estimate of drug-likeness (QED) is 0.0999. The number of carbonyl (C=O) groups is 4. The SMILES string of the molecule is COc1cccc2cc(C(=O)Nc3ccc4[nH]c(C(=O)N5CCc6c5cc(OC(=O)N5CCN(C)CC5CO)c5[nH]c(C(F)(F)F)c(C(=O)OCCl)c65)cc4c3)oc12. The summed E-state index contributed by atoms with van der Waals surface area (Å²) in [6, 6.07) is 13.2. The molecule has 15 nitrogen and oxygen atoms in total. The van der Waals surface area contributed by atoms with Gasteiger partial charge in [-0.25, -0.2) is 9.59 Å². The Hall–Kier alpha value is -6.24. The summed E-state index contributed by atoms with van der Waals surface area (Å²) in [5, 5.41) is 13.8. The number of amides is 3. The minimum absolute atomic E-state index is 0.0127. The number of anilines is 2. The van der Waals surface area contributed by atoms with E-state index in [1.54, 1.807) is 48.5 Å². The zero-order valence-corrected chi connectivity index (χ0v) is 31.5. The summed E-state index contributed by atoms with van der Waals surface area (Å²) in [5.41, 5.74) is -0.874. The van der Waals surface area contributed by atoms with Gasteiger partial charge in [0.05, 0.1) is 36.5 Å². The highest BCUT2D eigenvalue weighted by molar-refractivity contribution is 6.19. The summed E-state index contributed by atoms with van der Waals surface area (Å²) in [6.07, 6.45) is -6.00. The van der Waals surface area contributed by atoms with E-state index in [9.17, 15) is 37.5 Å². The largest absolute Gasteiger partial charge is 0.493 e. The Balaban J connectivity index is 1.14. The maximum atomic E-state index is 14.5. The van der Waals surface area contributed by atoms with Crippen LogP contribution in [-0.2, 0) is 17.3 Å². The third-order valence-electron chi connectivity index (χ3n) is 10.3. The minimum atomic E-state index is -5.08. The standard InChI is InChI=1S/C39H34ClF3N6O9/c1-47-10-11-48(22(16-47)17-50)38(54)58-28-15-26-23(30-31(37(53)56-18-40)34(39(41,42)43)46-32(28)30)8-9-49(26)36(52)25-13-20-12-21(6-7-24(20)45-25)44-35(51)29-14-19-4-3-5-27(55-2)33(19)57-29/h3-7,12-15,22,45-46,50H,8-11,16-18H2,1-2H3,(H,44,51). The smallest absolute Gasteiger partial charge is 0.432 e. The van der Waals surface area contributed by atoms with Crippen molar-refractivity contribution in [3.05, 3.63) is 82.9 Å². The number of likely N-dealkylation sites (N-methyl/N-ethyl adjacent to an activating group) is 1. The van der Waals surface area contributed by atoms with E-state index in [1.807, 2.05) is 11.9 Å². The van der Waals surface area contributed by atoms with Gasteiger partial charge in [0.15, 0.2) is 28.9 Å². The lowest BCUT2D eigenvalue weighted by Crippen LogP contribution is -2.56. The average molecular weight is 823 g/mol. The van der Waals surface area contributed by atoms with Crippen molar-refractivity contribution in [2.75, 3.05) is 63.2 Å². The molecule has 1 atom stereocenters. The van der Waals surface area contributed by atoms with Gasteiger partial charge in [-0.15, -0.1) is 0 Å². The fourth-order valence-corrected chi connectivity index (χ4v) is 7.70. The number of methoxy groups -OCH3 is 1. The molecule has 3 amide bonds. The van der Waals surface area contributed by atoms with Crippen LogP contribution in [0, 0.1) is 0 Å². The molecule has 1 unspecified atom stereocenters. The first-order chi connectivity index (χ1) is 27.8. The van der Waals surface area contributed by atoms with Crippen molar-refractivity contribution in [2.45, 2.75) is 18.6 Å². The van der Waals surface area contributed by atoms with E-state index in [1.165, 1.54) is 23.0 Å². The van der Waals surface area contributed by atoms with Crippen LogP contribution in [0.15, 0.2) is 59.0 Å². The lowest BCUT2D eigenvalue weighted by atomic mass is 10.0. The highest BCUT2D eigenvalue weighted by atomic mass is 35.5. The van der Waals surface area contributed by atoms with Crippen LogP contribution < -0.4 is 19.7 Å². The number of fused-ring (bicyclic) bond motifs is 5. The number of benzene rings is 3. The number of aliphatic hydroxyl groups excluding tert-OH is 1. The zero-order chi connectivity index (χ0) is 41.0. The molecule has 302 valence electrons. The van der Waals surface area contributed by atoms with Gasteiger partial charge >= 0.3 is 18.2 Å². The molecule has 4 N–H and O–H groups in total. The number of piperazine rings is 1. The summed E-state index contributed by atoms with van der Waals surface area (Å²) < 4.78 is 65.2. The van der Waals surface area contributed by atoms with Crippen molar-refractivity contribution in [3.8, 4) is 11.5 Å². The molecule has 19 heteroatoms. The van der Waals surface area contributed by atoms with Gasteiger partial charge in [-0.3, -0.25) is 14.5 Å². The van der Waals surface area contributed by atoms with Gasteiger partial charge in [0.2, 0.25) is 0 Å². The van der Waals surface area contributed by atoms with Crippen LogP contribution in [-0.4, -0.2) is 108 Å². The van der Waals surface area contributed by atoms with Crippen LogP contribution in [0.5, 0.6) is 11.5 Å². The van der Waals surface area contributed by atoms with Crippen molar-refractivity contribution in [1.82, 2.24) is 19.8 Å². The second kappa shape index (κ2) is 14.9. The molecule has 1 saturated heterocycles. The predicted octanol–water partition coefficient (Wildman–Crippen LogP) is 6.34. The van der Waals surface area contributed by atoms with Gasteiger partial charge in [0.25, 0.3) is 11.8 Å². The summed E-state index contributed by atoms with van der Waals surface area (Å²) in [5.74, 6) is -2.33. The van der Waals surface area contributed by atoms with E-state index in [0.717, 1.165) is 0 Å². The lowest BCUT2D eigenvalue weighted by molar-refractivity contribution is -0.141. The van der Waals surface area contributed by atoms with Gasteiger partial charge in [-0.1, -0.05) is 23.7 Å². The van der Waals surface area contributed by atoms with Crippen molar-refractivity contribution in [2.24, 2.45) is 0 Å². The lowest BCUT2D eigenvalue weighted by Gasteiger charge is -2.38. The van der Waals surface area contributed by atoms with E-state index in [2.05, 4.69) is 15.3 Å². The van der Waals surface area contributed by atoms with Crippen LogP contribution in [0.1, 0.15) is 42.7 Å². The third kappa shape index (κ3) is 6.81. The Morgan fingerprint density at radius 1 is 1.02 bits per heavy atom. The highest BCUT2D eigenvalue weighted by Gasteiger charge is 2.43. The average Bonchev–Trinajstić information content (AvgIpc) is 4.00. The molecule has 2 aliphatic rings. The molecule has 3 aromatic carbocycles. The van der Waals surface area contributed by atoms with Gasteiger partial charge in [0, 0.05) is 59.6 Å². The predicted molar refractivity (Wildman–Crippen MR) is 205 cm³/mol. The molecule has 3 aromatic heterocycles. The van der Waals surface area contributed by atoms with Crippen molar-refractivity contribution in [3.63, 3.8) is 0 Å². The number of nitrogens with one attached hydrogen (secondary N) is 3. The molecule has 0 bridgehead atoms. The molecule has 2 aliphatic heterocycles. The maximum absolute atomic E-state index is 14.5. The number of para-hydroxylation sites is 1. The molecule has 6 aromatic rings. The first-order valence-corrected chi connectivity index (χ1v) is 18.4. The molecule has 0 saturated carbocycles. The molecular weight excluding hydrogens is 789 g/mol. The number of halogens is 4. The topological polar surface area (TPSA) is 183 Å². The van der Waals surface area contributed by atoms with Gasteiger partial charge in [-0.2, -0.15) is 13.2 Å². The number of carbonyl (C=O) groups excluding carboxylic acids is 4. The molecular formula is C39H34ClF3N6O9. The highest BCUT2D eigenvalue weighted by Crippen LogP contribution is 2.46. The Labute approximate surface area is 331 Å². The number of aromatic nitrogens is 2. The fraction of sp³-hybridized carbons (Fsp3) is 0.282. The van der Waals surface area contributed by atoms with Crippen LogP contribution in [0.25, 0.3) is 32.8 Å². The molecule has 8 rings (SSSR count). The number of aromatic amines is 2. The molecule has 1 fully saturated rings. The second-order valence-electron chi connectivity index (χ2n) is 13.8. The van der Waals surface area contributed by atoms with Crippen molar-refractivity contribution >= 4 is 79.6 Å². The van der Waals surface area contributed by atoms with Crippen LogP contribution in [0.4, 0.5) is 29.3 Å². The number of aliphatic hydroxyl groups is 1. The number of furan rings is 1. The third-order valence-corrected chi connectivity index (χ3v) is 10.4. The molecule has 5 heterocycles. The van der Waals surface area contributed by atoms with E-state index in [0.29, 0.717) is 46.4 Å². The van der Waals surface area contributed by atoms with Crippen LogP contribution >= 0.6 is 11.6 Å². The monoisotopic (exact) mass is 822 g/mol. The maximum Gasteiger partial charge on any atom is 0.432 e. The Kier molecular flexibility index (Phi) is 9.94. The molecule has 0 aliphatic carbocycles. The van der Waals surface area contributed by atoms with Gasteiger partial charge in [0.1, 0.15) is 11.4 Å². The van der Waals surface area contributed by atoms with E-state index in [-0.39, 0.29) is 58.9 Å². The number of hydrogen-bond acceptors (Lipinski definition) is 10. The van der Waals surface area contributed by atoms with Crippen molar-refractivity contribution in [1.29, 1.82) is 0 Å². The summed E-state index contributed by atoms with van der Waals surface area (Å²) in [7, 11) is 3.31. The molecule has 58 heavy (non-hydrogen) atoms. The van der Waals surface area contributed by atoms with Gasteiger partial charge in [-0.05, 0) is 55.4 Å². The van der Waals surface area contributed by atoms with Crippen LogP contribution in [0.3, 0.4) is 0 Å². The number of rotatable bonds is 8. The fourth-order valence-electron chi connectivity index (χ4n) is 7.60. The number of H-pyrrole nitrogens is 2. The Bertz CT molecular complexity index is 2640. The number of nitrogens with zero attached hydrogens (tertiary/aromatic N) is 3. The number of hydrogen-bond donors (Lipinski definition) is 4. The van der Waals surface area contributed by atoms with E-state index < -0.39 is 60.0 Å². The molecule has 0 radical (unpaired) electrons. The number of esters is 1. The first-order valence-electron chi connectivity index (χ1n) is 17.9. The summed E-state index contributed by atoms with van der Waals surface area (Å²) >= 11 is 5.61. The Morgan fingerprint density at radius 3 is 2.57 bits per heavy atom. The number of alkyl halides is 4. The second-order valence-corrected chi connectivity index (χ2v) is 14.0. The van der Waals surface area contributed by atoms with Crippen molar-refractivity contribution < 1.29 is 56.1 Å². The normalized spacial score (nSPS) is 15.9. The molecule has 0 spiro atoms. The van der Waals surface area contributed by atoms with Gasteiger partial charge < -0.3 is 48.8 Å². The van der Waals surface area contributed by atoms with E-state index >= 15 is 0 Å². The summed E-state index contributed by atoms with van der Waals surface area (Å²) in [6.45, 7) is 0.509. The zero-order valence-electron chi connectivity index (χ0n) is 30.8. The minimum Gasteiger partial charge on any atom is -0.493 e. The Morgan fingerprint density at radius 2 is 1.83 bits per heavy atom. The number of ether oxygens (including phenoxy) is 3. The van der Waals surface area contributed by atoms with Crippen LogP contribution in [0.2, 0.25) is 0 Å². The first kappa shape index (κ1) is 38.6.